The van der Waals surface area contributed by atoms with Crippen LogP contribution in [0.5, 0.6) is 0 Å². The lowest BCUT2D eigenvalue weighted by molar-refractivity contribution is 0.207. The minimum atomic E-state index is 0.117. The van der Waals surface area contributed by atoms with Crippen molar-refractivity contribution in [2.75, 3.05) is 13.1 Å². The van der Waals surface area contributed by atoms with Gasteiger partial charge in [0.05, 0.1) is 0 Å². The molecule has 2 N–H and O–H groups in total. The number of hydrogen-bond acceptors (Lipinski definition) is 1. The van der Waals surface area contributed by atoms with E-state index >= 15 is 0 Å². The number of rotatable bonds is 2. The predicted octanol–water partition coefficient (Wildman–Crippen LogP) is 2.83. The van der Waals surface area contributed by atoms with Crippen molar-refractivity contribution >= 4 is 16.9 Å². The molecule has 4 nitrogen and oxygen atoms in total. The van der Waals surface area contributed by atoms with Crippen molar-refractivity contribution in [1.29, 1.82) is 0 Å². The van der Waals surface area contributed by atoms with Gasteiger partial charge in [0.25, 0.3) is 0 Å². The Morgan fingerprint density at radius 3 is 2.90 bits per heavy atom. The third kappa shape index (κ3) is 2.15. The molecule has 20 heavy (non-hydrogen) atoms. The number of urea groups is 1. The molecule has 0 spiro atoms. The molecule has 4 heteroatoms. The van der Waals surface area contributed by atoms with Crippen LogP contribution in [-0.2, 0) is 0 Å². The second-order valence-electron chi connectivity index (χ2n) is 5.97. The molecule has 2 aliphatic rings. The number of nitrogens with zero attached hydrogens (tertiary/aromatic N) is 1. The first-order valence-electron chi connectivity index (χ1n) is 7.43. The van der Waals surface area contributed by atoms with E-state index in [1.165, 1.54) is 16.6 Å². The van der Waals surface area contributed by atoms with Gasteiger partial charge in [-0.25, -0.2) is 4.79 Å². The average Bonchev–Trinajstić information content (AvgIpc) is 3.00. The molecule has 1 aliphatic carbocycles. The summed E-state index contributed by atoms with van der Waals surface area (Å²) in [6.07, 6.45) is 3.33. The Labute approximate surface area is 118 Å². The van der Waals surface area contributed by atoms with E-state index in [4.69, 9.17) is 0 Å². The van der Waals surface area contributed by atoms with E-state index < -0.39 is 0 Å². The molecule has 1 aromatic carbocycles. The maximum Gasteiger partial charge on any atom is 0.317 e. The van der Waals surface area contributed by atoms with Crippen LogP contribution in [0.3, 0.4) is 0 Å². The largest absolute Gasteiger partial charge is 0.358 e. The number of aromatic amines is 1. The van der Waals surface area contributed by atoms with Crippen molar-refractivity contribution < 1.29 is 4.79 Å². The summed E-state index contributed by atoms with van der Waals surface area (Å²) in [7, 11) is 0. The van der Waals surface area contributed by atoms with Gasteiger partial charge in [0.2, 0.25) is 0 Å². The van der Waals surface area contributed by atoms with E-state index in [-0.39, 0.29) is 6.03 Å². The van der Waals surface area contributed by atoms with Gasteiger partial charge >= 0.3 is 6.03 Å². The molecule has 2 aromatic rings. The Hall–Kier alpha value is -1.97. The molecule has 2 amide bonds. The SMILES string of the molecule is O=C(NC1CC1)N1CCC(c2cc3ccccc3[nH]2)C1. The summed E-state index contributed by atoms with van der Waals surface area (Å²) < 4.78 is 0. The highest BCUT2D eigenvalue weighted by Crippen LogP contribution is 2.29. The number of benzene rings is 1. The van der Waals surface area contributed by atoms with E-state index in [9.17, 15) is 4.79 Å². The summed E-state index contributed by atoms with van der Waals surface area (Å²) in [6.45, 7) is 1.68. The first-order chi connectivity index (χ1) is 9.79. The lowest BCUT2D eigenvalue weighted by Crippen LogP contribution is -2.39. The number of H-pyrrole nitrogens is 1. The van der Waals surface area contributed by atoms with Crippen LogP contribution in [0.4, 0.5) is 4.79 Å². The van der Waals surface area contributed by atoms with E-state index in [0.717, 1.165) is 32.4 Å². The Morgan fingerprint density at radius 1 is 1.25 bits per heavy atom. The highest BCUT2D eigenvalue weighted by Gasteiger charge is 2.31. The fourth-order valence-corrected chi connectivity index (χ4v) is 3.01. The molecular formula is C16H19N3O. The fraction of sp³-hybridized carbons (Fsp3) is 0.438. The van der Waals surface area contributed by atoms with Crippen molar-refractivity contribution in [3.8, 4) is 0 Å². The van der Waals surface area contributed by atoms with E-state index in [1.807, 2.05) is 11.0 Å². The lowest BCUT2D eigenvalue weighted by Gasteiger charge is -2.16. The normalized spacial score (nSPS) is 22.4. The first-order valence-corrected chi connectivity index (χ1v) is 7.43. The topological polar surface area (TPSA) is 48.1 Å². The predicted molar refractivity (Wildman–Crippen MR) is 78.8 cm³/mol. The molecule has 104 valence electrons. The van der Waals surface area contributed by atoms with Gasteiger partial charge in [0, 0.05) is 36.3 Å². The van der Waals surface area contributed by atoms with E-state index in [0.29, 0.717) is 12.0 Å². The number of nitrogens with one attached hydrogen (secondary N) is 2. The van der Waals surface area contributed by atoms with Crippen LogP contribution in [-0.4, -0.2) is 35.0 Å². The second kappa shape index (κ2) is 4.54. The van der Waals surface area contributed by atoms with Gasteiger partial charge in [0.1, 0.15) is 0 Å². The van der Waals surface area contributed by atoms with Crippen molar-refractivity contribution in [2.45, 2.75) is 31.2 Å². The number of hydrogen-bond donors (Lipinski definition) is 2. The first kappa shape index (κ1) is 11.8. The van der Waals surface area contributed by atoms with Crippen LogP contribution >= 0.6 is 0 Å². The number of amides is 2. The summed E-state index contributed by atoms with van der Waals surface area (Å²) in [6, 6.07) is 11.1. The Balaban J connectivity index is 1.48. The lowest BCUT2D eigenvalue weighted by atomic mass is 10.1. The fourth-order valence-electron chi connectivity index (χ4n) is 3.01. The number of carbonyl (C=O) groups excluding carboxylic acids is 1. The average molecular weight is 269 g/mol. The van der Waals surface area contributed by atoms with Crippen molar-refractivity contribution in [2.24, 2.45) is 0 Å². The van der Waals surface area contributed by atoms with Gasteiger partial charge in [-0.2, -0.15) is 0 Å². The minimum absolute atomic E-state index is 0.117. The molecule has 2 heterocycles. The molecule has 1 unspecified atom stereocenters. The van der Waals surface area contributed by atoms with Crippen LogP contribution in [0.25, 0.3) is 10.9 Å². The van der Waals surface area contributed by atoms with Crippen molar-refractivity contribution in [3.05, 3.63) is 36.0 Å². The molecule has 1 aliphatic heterocycles. The van der Waals surface area contributed by atoms with Crippen LogP contribution in [0.15, 0.2) is 30.3 Å². The van der Waals surface area contributed by atoms with Crippen LogP contribution in [0.2, 0.25) is 0 Å². The summed E-state index contributed by atoms with van der Waals surface area (Å²) in [5, 5.41) is 4.32. The van der Waals surface area contributed by atoms with E-state index in [1.54, 1.807) is 0 Å². The molecule has 2 fully saturated rings. The number of aromatic nitrogens is 1. The number of fused-ring (bicyclic) bond motifs is 1. The maximum absolute atomic E-state index is 12.0. The Morgan fingerprint density at radius 2 is 2.10 bits per heavy atom. The minimum Gasteiger partial charge on any atom is -0.358 e. The molecule has 1 atom stereocenters. The van der Waals surface area contributed by atoms with Crippen LogP contribution in [0, 0.1) is 0 Å². The van der Waals surface area contributed by atoms with Gasteiger partial charge in [-0.3, -0.25) is 0 Å². The van der Waals surface area contributed by atoms with Crippen molar-refractivity contribution in [3.63, 3.8) is 0 Å². The zero-order valence-electron chi connectivity index (χ0n) is 11.4. The van der Waals surface area contributed by atoms with Gasteiger partial charge in [-0.1, -0.05) is 18.2 Å². The highest BCUT2D eigenvalue weighted by atomic mass is 16.2. The molecule has 0 bridgehead atoms. The molecule has 0 radical (unpaired) electrons. The monoisotopic (exact) mass is 269 g/mol. The summed E-state index contributed by atoms with van der Waals surface area (Å²) in [4.78, 5) is 17.5. The quantitative estimate of drug-likeness (QED) is 0.865. The molecular weight excluding hydrogens is 250 g/mol. The second-order valence-corrected chi connectivity index (χ2v) is 5.97. The van der Waals surface area contributed by atoms with Crippen molar-refractivity contribution in [1.82, 2.24) is 15.2 Å². The summed E-state index contributed by atoms with van der Waals surface area (Å²) >= 11 is 0. The molecule has 1 saturated carbocycles. The summed E-state index contributed by atoms with van der Waals surface area (Å²) in [5.74, 6) is 0.437. The third-order valence-electron chi connectivity index (χ3n) is 4.37. The van der Waals surface area contributed by atoms with E-state index in [2.05, 4.69) is 34.6 Å². The number of carbonyl (C=O) groups is 1. The Kier molecular flexibility index (Phi) is 2.69. The maximum atomic E-state index is 12.0. The summed E-state index contributed by atoms with van der Waals surface area (Å²) in [5.41, 5.74) is 2.44. The van der Waals surface area contributed by atoms with Gasteiger partial charge in [-0.15, -0.1) is 0 Å². The smallest absolute Gasteiger partial charge is 0.317 e. The van der Waals surface area contributed by atoms with Gasteiger partial charge in [-0.05, 0) is 36.8 Å². The zero-order chi connectivity index (χ0) is 13.5. The van der Waals surface area contributed by atoms with Gasteiger partial charge < -0.3 is 15.2 Å². The Bertz CT molecular complexity index is 611. The number of para-hydroxylation sites is 1. The molecule has 4 rings (SSSR count). The van der Waals surface area contributed by atoms with Gasteiger partial charge in [0.15, 0.2) is 0 Å². The molecule has 1 saturated heterocycles. The highest BCUT2D eigenvalue weighted by molar-refractivity contribution is 5.80. The molecule has 1 aromatic heterocycles. The standard InChI is InChI=1S/C16H19N3O/c20-16(17-13-5-6-13)19-8-7-12(10-19)15-9-11-3-1-2-4-14(11)18-15/h1-4,9,12-13,18H,5-8,10H2,(H,17,20). The van der Waals surface area contributed by atoms with Crippen LogP contribution in [0.1, 0.15) is 30.9 Å². The zero-order valence-corrected chi connectivity index (χ0v) is 11.4. The van der Waals surface area contributed by atoms with Crippen LogP contribution < -0.4 is 5.32 Å². The third-order valence-corrected chi connectivity index (χ3v) is 4.37. The number of likely N-dealkylation sites (tertiary alicyclic amines) is 1.